The number of hydrogen-bond donors (Lipinski definition) is 1. The second-order valence-electron chi connectivity index (χ2n) is 5.11. The van der Waals surface area contributed by atoms with Crippen molar-refractivity contribution in [3.63, 3.8) is 0 Å². The summed E-state index contributed by atoms with van der Waals surface area (Å²) in [6.45, 7) is 1.96. The minimum atomic E-state index is -0.470. The van der Waals surface area contributed by atoms with Gasteiger partial charge in [-0.05, 0) is 23.6 Å². The lowest BCUT2D eigenvalue weighted by molar-refractivity contribution is -0.125. The van der Waals surface area contributed by atoms with E-state index >= 15 is 0 Å². The second kappa shape index (κ2) is 5.37. The van der Waals surface area contributed by atoms with Gasteiger partial charge in [-0.25, -0.2) is 0 Å². The van der Waals surface area contributed by atoms with E-state index in [2.05, 4.69) is 5.32 Å². The Morgan fingerprint density at radius 3 is 2.71 bits per heavy atom. The molecule has 0 bridgehead atoms. The number of imide groups is 1. The Labute approximate surface area is 123 Å². The molecule has 1 aromatic carbocycles. The van der Waals surface area contributed by atoms with Gasteiger partial charge in [-0.2, -0.15) is 0 Å². The highest BCUT2D eigenvalue weighted by Gasteiger charge is 2.39. The van der Waals surface area contributed by atoms with E-state index in [1.54, 1.807) is 6.08 Å². The maximum absolute atomic E-state index is 11.9. The molecule has 1 aliphatic carbocycles. The average molecular weight is 277 g/mol. The van der Waals surface area contributed by atoms with Gasteiger partial charge in [-0.1, -0.05) is 60.7 Å². The van der Waals surface area contributed by atoms with Gasteiger partial charge in [-0.15, -0.1) is 0 Å². The van der Waals surface area contributed by atoms with Crippen LogP contribution in [0.5, 0.6) is 0 Å². The van der Waals surface area contributed by atoms with Gasteiger partial charge in [0.1, 0.15) is 0 Å². The predicted octanol–water partition coefficient (Wildman–Crippen LogP) is 2.79. The van der Waals surface area contributed by atoms with E-state index in [0.29, 0.717) is 5.57 Å². The Bertz CT molecular complexity index is 721. The monoisotopic (exact) mass is 277 g/mol. The van der Waals surface area contributed by atoms with Gasteiger partial charge in [0.15, 0.2) is 0 Å². The molecule has 0 radical (unpaired) electrons. The number of carbonyl (C=O) groups excluding carboxylic acids is 2. The minimum absolute atomic E-state index is 0.238. The van der Waals surface area contributed by atoms with Gasteiger partial charge >= 0.3 is 0 Å². The molecule has 0 spiro atoms. The lowest BCUT2D eigenvalue weighted by atomic mass is 9.85. The molecule has 104 valence electrons. The highest BCUT2D eigenvalue weighted by Crippen LogP contribution is 2.32. The van der Waals surface area contributed by atoms with Crippen LogP contribution in [0, 0.1) is 5.92 Å². The summed E-state index contributed by atoms with van der Waals surface area (Å²) in [6, 6.07) is 9.96. The third-order valence-corrected chi connectivity index (χ3v) is 3.72. The van der Waals surface area contributed by atoms with Crippen molar-refractivity contribution in [3.8, 4) is 0 Å². The van der Waals surface area contributed by atoms with Crippen molar-refractivity contribution in [1.82, 2.24) is 5.32 Å². The van der Waals surface area contributed by atoms with Crippen LogP contribution in [0.1, 0.15) is 12.5 Å². The minimum Gasteiger partial charge on any atom is -0.292 e. The van der Waals surface area contributed by atoms with Crippen LogP contribution in [0.25, 0.3) is 6.08 Å². The van der Waals surface area contributed by atoms with E-state index in [1.807, 2.05) is 61.6 Å². The molecule has 1 saturated heterocycles. The smallest absolute Gasteiger partial charge is 0.254 e. The molecular weight excluding hydrogens is 262 g/mol. The number of rotatable bonds is 2. The summed E-state index contributed by atoms with van der Waals surface area (Å²) in [7, 11) is 0. The molecule has 0 aromatic heterocycles. The van der Waals surface area contributed by atoms with Crippen LogP contribution in [0.3, 0.4) is 0 Å². The van der Waals surface area contributed by atoms with Gasteiger partial charge in [0.25, 0.3) is 5.91 Å². The molecule has 1 N–H and O–H groups in total. The van der Waals surface area contributed by atoms with E-state index < -0.39 is 5.92 Å². The van der Waals surface area contributed by atoms with E-state index in [4.69, 9.17) is 0 Å². The predicted molar refractivity (Wildman–Crippen MR) is 82.0 cm³/mol. The van der Waals surface area contributed by atoms with Crippen molar-refractivity contribution >= 4 is 17.9 Å². The molecule has 1 fully saturated rings. The molecule has 1 aliphatic heterocycles. The summed E-state index contributed by atoms with van der Waals surface area (Å²) in [4.78, 5) is 23.6. The summed E-state index contributed by atoms with van der Waals surface area (Å²) in [5, 5.41) is 2.37. The number of carbonyl (C=O) groups is 2. The summed E-state index contributed by atoms with van der Waals surface area (Å²) in [6.07, 6.45) is 9.41. The van der Waals surface area contributed by atoms with Gasteiger partial charge in [0.2, 0.25) is 5.91 Å². The van der Waals surface area contributed by atoms with Crippen LogP contribution >= 0.6 is 0 Å². The Kier molecular flexibility index (Phi) is 3.40. The molecule has 1 aromatic rings. The molecule has 3 nitrogen and oxygen atoms in total. The lowest BCUT2D eigenvalue weighted by Gasteiger charge is -2.15. The molecule has 2 amide bonds. The number of allylic oxidation sites excluding steroid dienone is 5. The van der Waals surface area contributed by atoms with E-state index in [9.17, 15) is 9.59 Å². The molecule has 0 saturated carbocycles. The summed E-state index contributed by atoms with van der Waals surface area (Å²) < 4.78 is 0. The SMILES string of the molecule is CC(C=Cc1ccccc1)=C1C=CC=C2C(=O)NC(=O)C21. The fourth-order valence-corrected chi connectivity index (χ4v) is 2.60. The summed E-state index contributed by atoms with van der Waals surface area (Å²) >= 11 is 0. The van der Waals surface area contributed by atoms with Crippen LogP contribution in [0.15, 0.2) is 71.4 Å². The van der Waals surface area contributed by atoms with Crippen molar-refractivity contribution in [1.29, 1.82) is 0 Å². The van der Waals surface area contributed by atoms with Gasteiger partial charge in [0.05, 0.1) is 5.92 Å². The lowest BCUT2D eigenvalue weighted by Crippen LogP contribution is -2.22. The molecule has 2 aliphatic rings. The van der Waals surface area contributed by atoms with E-state index in [1.165, 1.54) is 0 Å². The standard InChI is InChI=1S/C18H15NO2/c1-12(10-11-13-6-3-2-4-7-13)14-8-5-9-15-16(14)18(21)19-17(15)20/h2-11,16H,1H3,(H,19,20,21). The van der Waals surface area contributed by atoms with Crippen molar-refractivity contribution in [2.75, 3.05) is 0 Å². The number of amides is 2. The summed E-state index contributed by atoms with van der Waals surface area (Å²) in [5.41, 5.74) is 3.49. The van der Waals surface area contributed by atoms with Gasteiger partial charge in [-0.3, -0.25) is 14.9 Å². The first-order valence-electron chi connectivity index (χ1n) is 6.84. The second-order valence-corrected chi connectivity index (χ2v) is 5.11. The molecule has 3 heteroatoms. The van der Waals surface area contributed by atoms with Crippen molar-refractivity contribution in [2.45, 2.75) is 6.92 Å². The Morgan fingerprint density at radius 2 is 1.95 bits per heavy atom. The highest BCUT2D eigenvalue weighted by molar-refractivity contribution is 6.17. The van der Waals surface area contributed by atoms with Crippen LogP contribution in [0.2, 0.25) is 0 Å². The molecule has 1 atom stereocenters. The zero-order valence-corrected chi connectivity index (χ0v) is 11.7. The normalized spacial score (nSPS) is 23.1. The zero-order valence-electron chi connectivity index (χ0n) is 11.7. The first-order valence-corrected chi connectivity index (χ1v) is 6.84. The van der Waals surface area contributed by atoms with Crippen LogP contribution in [-0.2, 0) is 9.59 Å². The highest BCUT2D eigenvalue weighted by atomic mass is 16.2. The molecule has 3 rings (SSSR count). The Morgan fingerprint density at radius 1 is 1.19 bits per heavy atom. The molecule has 21 heavy (non-hydrogen) atoms. The largest absolute Gasteiger partial charge is 0.292 e. The maximum atomic E-state index is 11.9. The zero-order chi connectivity index (χ0) is 14.8. The number of benzene rings is 1. The third-order valence-electron chi connectivity index (χ3n) is 3.72. The fraction of sp³-hybridized carbons (Fsp3) is 0.111. The number of hydrogen-bond acceptors (Lipinski definition) is 2. The first-order chi connectivity index (χ1) is 10.2. The Hall–Kier alpha value is -2.68. The third kappa shape index (κ3) is 2.50. The van der Waals surface area contributed by atoms with Crippen molar-refractivity contribution in [2.24, 2.45) is 5.92 Å². The average Bonchev–Trinajstić information content (AvgIpc) is 2.81. The van der Waals surface area contributed by atoms with Crippen LogP contribution in [-0.4, -0.2) is 11.8 Å². The van der Waals surface area contributed by atoms with Crippen LogP contribution < -0.4 is 5.32 Å². The first kappa shape index (κ1) is 13.3. The molecule has 1 unspecified atom stereocenters. The quantitative estimate of drug-likeness (QED) is 0.845. The van der Waals surface area contributed by atoms with Gasteiger partial charge < -0.3 is 0 Å². The molecule has 1 heterocycles. The number of nitrogens with one attached hydrogen (secondary N) is 1. The topological polar surface area (TPSA) is 46.2 Å². The fourth-order valence-electron chi connectivity index (χ4n) is 2.60. The van der Waals surface area contributed by atoms with E-state index in [0.717, 1.165) is 16.7 Å². The Balaban J connectivity index is 1.93. The number of fused-ring (bicyclic) bond motifs is 1. The van der Waals surface area contributed by atoms with Crippen LogP contribution in [0.4, 0.5) is 0 Å². The summed E-state index contributed by atoms with van der Waals surface area (Å²) in [5.74, 6) is -0.993. The molecular formula is C18H15NO2. The van der Waals surface area contributed by atoms with Crippen molar-refractivity contribution < 1.29 is 9.59 Å². The van der Waals surface area contributed by atoms with E-state index in [-0.39, 0.29) is 11.8 Å². The van der Waals surface area contributed by atoms with Gasteiger partial charge in [0, 0.05) is 5.57 Å². The van der Waals surface area contributed by atoms with Crippen molar-refractivity contribution in [3.05, 3.63) is 76.9 Å². The maximum Gasteiger partial charge on any atom is 0.254 e.